The van der Waals surface area contributed by atoms with Crippen molar-refractivity contribution in [2.75, 3.05) is 0 Å². The Morgan fingerprint density at radius 3 is 2.33 bits per heavy atom. The summed E-state index contributed by atoms with van der Waals surface area (Å²) in [5.41, 5.74) is 1.61. The van der Waals surface area contributed by atoms with Crippen LogP contribution in [0.5, 0.6) is 0 Å². The fourth-order valence-corrected chi connectivity index (χ4v) is 6.99. The number of amides is 2. The summed E-state index contributed by atoms with van der Waals surface area (Å²) >= 11 is 0. The summed E-state index contributed by atoms with van der Waals surface area (Å²) in [5, 5.41) is 2.72. The van der Waals surface area contributed by atoms with Crippen molar-refractivity contribution >= 4 is 31.9 Å². The lowest BCUT2D eigenvalue weighted by Gasteiger charge is -2.13. The van der Waals surface area contributed by atoms with Gasteiger partial charge in [-0.1, -0.05) is 24.3 Å². The molecule has 9 nitrogen and oxygen atoms in total. The Morgan fingerprint density at radius 2 is 1.73 bits per heavy atom. The number of nitrogens with one attached hydrogen (secondary N) is 2. The van der Waals surface area contributed by atoms with Crippen LogP contribution < -0.4 is 10.0 Å². The van der Waals surface area contributed by atoms with E-state index in [1.54, 1.807) is 38.1 Å². The summed E-state index contributed by atoms with van der Waals surface area (Å²) in [6, 6.07) is 10.4. The number of carbonyl (C=O) groups excluding carboxylic acids is 2. The van der Waals surface area contributed by atoms with Crippen molar-refractivity contribution in [3.05, 3.63) is 64.7 Å². The van der Waals surface area contributed by atoms with Crippen LogP contribution in [0.3, 0.4) is 0 Å². The molecule has 11 heteroatoms. The summed E-state index contributed by atoms with van der Waals surface area (Å²) in [5.74, 6) is -1.15. The van der Waals surface area contributed by atoms with E-state index in [-0.39, 0.29) is 40.4 Å². The van der Waals surface area contributed by atoms with E-state index in [9.17, 15) is 26.4 Å². The van der Waals surface area contributed by atoms with Gasteiger partial charge in [0.15, 0.2) is 0 Å². The first kappa shape index (κ1) is 23.4. The Bertz CT molecular complexity index is 1310. The Hall–Kier alpha value is -2.76. The molecule has 1 heterocycles. The van der Waals surface area contributed by atoms with Crippen LogP contribution >= 0.6 is 0 Å². The Balaban J connectivity index is 1.41. The highest BCUT2D eigenvalue weighted by atomic mass is 32.2. The van der Waals surface area contributed by atoms with E-state index in [1.165, 1.54) is 18.2 Å². The van der Waals surface area contributed by atoms with Gasteiger partial charge < -0.3 is 5.32 Å². The predicted molar refractivity (Wildman–Crippen MR) is 121 cm³/mol. The molecule has 0 unspecified atom stereocenters. The fraction of sp³-hybridized carbons (Fsp3) is 0.364. The van der Waals surface area contributed by atoms with Crippen LogP contribution in [0, 0.1) is 0 Å². The van der Waals surface area contributed by atoms with Crippen LogP contribution in [0.4, 0.5) is 0 Å². The molecule has 176 valence electrons. The summed E-state index contributed by atoms with van der Waals surface area (Å²) in [7, 11) is -7.36. The summed E-state index contributed by atoms with van der Waals surface area (Å²) in [4.78, 5) is 24.9. The molecule has 1 fully saturated rings. The van der Waals surface area contributed by atoms with Crippen LogP contribution in [0.25, 0.3) is 0 Å². The maximum atomic E-state index is 12.7. The smallest absolute Gasteiger partial charge is 0.269 e. The van der Waals surface area contributed by atoms with Crippen LogP contribution in [0.1, 0.15) is 58.5 Å². The lowest BCUT2D eigenvalue weighted by Crippen LogP contribution is -2.32. The molecule has 1 aliphatic carbocycles. The predicted octanol–water partition coefficient (Wildman–Crippen LogP) is 1.75. The van der Waals surface area contributed by atoms with Gasteiger partial charge in [-0.2, -0.15) is 0 Å². The second kappa shape index (κ2) is 8.54. The van der Waals surface area contributed by atoms with Gasteiger partial charge in [-0.25, -0.2) is 25.9 Å². The molecule has 2 aromatic carbocycles. The summed E-state index contributed by atoms with van der Waals surface area (Å²) in [6.45, 7) is 3.68. The molecule has 33 heavy (non-hydrogen) atoms. The molecule has 0 aromatic heterocycles. The molecule has 0 spiro atoms. The molecule has 2 aliphatic rings. The molecule has 4 rings (SSSR count). The summed E-state index contributed by atoms with van der Waals surface area (Å²) < 4.78 is 53.0. The minimum Gasteiger partial charge on any atom is -0.348 e. The highest BCUT2D eigenvalue weighted by Crippen LogP contribution is 2.39. The monoisotopic (exact) mass is 491 g/mol. The topological polar surface area (TPSA) is 130 Å². The molecular weight excluding hydrogens is 466 g/mol. The van der Waals surface area contributed by atoms with Crippen LogP contribution in [-0.4, -0.2) is 45.0 Å². The average Bonchev–Trinajstić information content (AvgIpc) is 3.53. The number of hydrogen-bond acceptors (Lipinski definition) is 6. The average molecular weight is 492 g/mol. The van der Waals surface area contributed by atoms with Gasteiger partial charge >= 0.3 is 0 Å². The first-order chi connectivity index (χ1) is 15.5. The van der Waals surface area contributed by atoms with Crippen molar-refractivity contribution in [1.29, 1.82) is 0 Å². The van der Waals surface area contributed by atoms with Crippen molar-refractivity contribution in [2.24, 2.45) is 0 Å². The SMILES string of the molecule is CC(C)NS(=O)(=O)Cc1ccc(CNC(=O)c2ccc3c(c2)S(=O)(=O)N(C2CC2)C3=O)cc1. The highest BCUT2D eigenvalue weighted by molar-refractivity contribution is 7.90. The number of fused-ring (bicyclic) bond motifs is 1. The zero-order valence-electron chi connectivity index (χ0n) is 18.2. The van der Waals surface area contributed by atoms with Crippen molar-refractivity contribution in [3.8, 4) is 0 Å². The Morgan fingerprint density at radius 1 is 1.09 bits per heavy atom. The molecule has 2 amide bonds. The molecule has 1 saturated carbocycles. The molecule has 0 atom stereocenters. The zero-order chi connectivity index (χ0) is 24.0. The zero-order valence-corrected chi connectivity index (χ0v) is 19.9. The molecule has 2 aromatic rings. The van der Waals surface area contributed by atoms with Crippen LogP contribution in [0.2, 0.25) is 0 Å². The van der Waals surface area contributed by atoms with E-state index < -0.39 is 31.9 Å². The molecule has 2 N–H and O–H groups in total. The van der Waals surface area contributed by atoms with E-state index in [2.05, 4.69) is 10.0 Å². The maximum Gasteiger partial charge on any atom is 0.269 e. The number of nitrogens with zero attached hydrogens (tertiary/aromatic N) is 1. The first-order valence-corrected chi connectivity index (χ1v) is 13.7. The third kappa shape index (κ3) is 4.94. The maximum absolute atomic E-state index is 12.7. The second-order valence-corrected chi connectivity index (χ2v) is 12.1. The second-order valence-electron chi connectivity index (χ2n) is 8.58. The number of sulfonamides is 2. The van der Waals surface area contributed by atoms with E-state index in [1.807, 2.05) is 0 Å². The lowest BCUT2D eigenvalue weighted by atomic mass is 10.1. The van der Waals surface area contributed by atoms with Gasteiger partial charge in [0.2, 0.25) is 10.0 Å². The van der Waals surface area contributed by atoms with Gasteiger partial charge in [0.25, 0.3) is 21.8 Å². The Labute approximate surface area is 193 Å². The van der Waals surface area contributed by atoms with Gasteiger partial charge in [0.1, 0.15) is 4.90 Å². The van der Waals surface area contributed by atoms with Crippen LogP contribution in [0.15, 0.2) is 47.4 Å². The minimum atomic E-state index is -3.93. The van der Waals surface area contributed by atoms with Gasteiger partial charge in [-0.05, 0) is 56.0 Å². The van der Waals surface area contributed by atoms with E-state index in [4.69, 9.17) is 0 Å². The summed E-state index contributed by atoms with van der Waals surface area (Å²) in [6.07, 6.45) is 1.32. The third-order valence-corrected chi connectivity index (χ3v) is 8.76. The normalized spacial score (nSPS) is 17.3. The van der Waals surface area contributed by atoms with Crippen molar-refractivity contribution in [1.82, 2.24) is 14.3 Å². The van der Waals surface area contributed by atoms with Gasteiger partial charge in [-0.15, -0.1) is 0 Å². The first-order valence-electron chi connectivity index (χ1n) is 10.6. The van der Waals surface area contributed by atoms with Gasteiger partial charge in [-0.3, -0.25) is 9.59 Å². The number of benzene rings is 2. The molecule has 1 aliphatic heterocycles. The lowest BCUT2D eigenvalue weighted by molar-refractivity contribution is 0.0863. The van der Waals surface area contributed by atoms with Crippen LogP contribution in [-0.2, 0) is 32.3 Å². The molecule has 0 radical (unpaired) electrons. The third-order valence-electron chi connectivity index (χ3n) is 5.34. The van der Waals surface area contributed by atoms with E-state index >= 15 is 0 Å². The fourth-order valence-electron chi connectivity index (χ4n) is 3.72. The molecule has 0 saturated heterocycles. The Kier molecular flexibility index (Phi) is 6.06. The standard InChI is InChI=1S/C22H25N3O6S2/c1-14(2)24-32(28,29)13-16-5-3-15(4-6-16)12-23-21(26)17-7-10-19-20(11-17)33(30,31)25(22(19)27)18-8-9-18/h3-7,10-11,14,18,24H,8-9,12-13H2,1-2H3,(H,23,26). The quantitative estimate of drug-likeness (QED) is 0.579. The molecule has 0 bridgehead atoms. The molecular formula is C22H25N3O6S2. The largest absolute Gasteiger partial charge is 0.348 e. The van der Waals surface area contributed by atoms with Gasteiger partial charge in [0.05, 0.1) is 11.3 Å². The highest BCUT2D eigenvalue weighted by Gasteiger charge is 2.48. The minimum absolute atomic E-state index is 0.0935. The number of hydrogen-bond donors (Lipinski definition) is 2. The number of carbonyl (C=O) groups is 2. The van der Waals surface area contributed by atoms with Gasteiger partial charge in [0, 0.05) is 24.2 Å². The van der Waals surface area contributed by atoms with E-state index in [0.29, 0.717) is 18.4 Å². The van der Waals surface area contributed by atoms with Crippen molar-refractivity contribution in [3.63, 3.8) is 0 Å². The van der Waals surface area contributed by atoms with Crippen molar-refractivity contribution in [2.45, 2.75) is 56.0 Å². The van der Waals surface area contributed by atoms with E-state index in [0.717, 1.165) is 9.87 Å². The number of rotatable bonds is 8. The van der Waals surface area contributed by atoms with Crippen molar-refractivity contribution < 1.29 is 26.4 Å².